The molecule has 0 aliphatic carbocycles. The Bertz CT molecular complexity index is 458. The SMILES string of the molecule is Cc1ccc(CNCCC(C)(C)CCC(=O)O)c(Cl)c1. The summed E-state index contributed by atoms with van der Waals surface area (Å²) in [5.41, 5.74) is 2.30. The summed E-state index contributed by atoms with van der Waals surface area (Å²) in [4.78, 5) is 10.6. The third-order valence-electron chi connectivity index (χ3n) is 3.52. The average molecular weight is 298 g/mol. The lowest BCUT2D eigenvalue weighted by atomic mass is 9.84. The van der Waals surface area contributed by atoms with Crippen molar-refractivity contribution in [1.82, 2.24) is 5.32 Å². The molecule has 4 heteroatoms. The van der Waals surface area contributed by atoms with Crippen LogP contribution in [0, 0.1) is 12.3 Å². The summed E-state index contributed by atoms with van der Waals surface area (Å²) < 4.78 is 0. The molecule has 0 aromatic heterocycles. The number of benzene rings is 1. The van der Waals surface area contributed by atoms with E-state index in [2.05, 4.69) is 25.2 Å². The van der Waals surface area contributed by atoms with Crippen molar-refractivity contribution >= 4 is 17.6 Å². The smallest absolute Gasteiger partial charge is 0.303 e. The highest BCUT2D eigenvalue weighted by molar-refractivity contribution is 6.31. The summed E-state index contributed by atoms with van der Waals surface area (Å²) in [5, 5.41) is 12.9. The number of rotatable bonds is 8. The van der Waals surface area contributed by atoms with Gasteiger partial charge in [-0.2, -0.15) is 0 Å². The normalized spacial score (nSPS) is 11.6. The first kappa shape index (κ1) is 17.0. The number of aryl methyl sites for hydroxylation is 1. The van der Waals surface area contributed by atoms with Gasteiger partial charge >= 0.3 is 5.97 Å². The summed E-state index contributed by atoms with van der Waals surface area (Å²) in [6.45, 7) is 7.84. The van der Waals surface area contributed by atoms with E-state index in [1.54, 1.807) is 0 Å². The predicted molar refractivity (Wildman–Crippen MR) is 83.2 cm³/mol. The molecule has 0 aliphatic rings. The van der Waals surface area contributed by atoms with E-state index in [0.717, 1.165) is 35.7 Å². The Labute approximate surface area is 126 Å². The number of hydrogen-bond donors (Lipinski definition) is 2. The molecule has 0 saturated heterocycles. The van der Waals surface area contributed by atoms with Crippen LogP contribution in [-0.4, -0.2) is 17.6 Å². The van der Waals surface area contributed by atoms with Gasteiger partial charge in [-0.25, -0.2) is 0 Å². The maximum Gasteiger partial charge on any atom is 0.303 e. The van der Waals surface area contributed by atoms with Crippen LogP contribution in [0.3, 0.4) is 0 Å². The highest BCUT2D eigenvalue weighted by atomic mass is 35.5. The first-order valence-electron chi connectivity index (χ1n) is 6.98. The summed E-state index contributed by atoms with van der Waals surface area (Å²) in [7, 11) is 0. The van der Waals surface area contributed by atoms with E-state index in [1.807, 2.05) is 19.1 Å². The lowest BCUT2D eigenvalue weighted by Crippen LogP contribution is -2.23. The Kier molecular flexibility index (Phi) is 6.50. The minimum absolute atomic E-state index is 0.0441. The maximum atomic E-state index is 10.6. The molecule has 0 amide bonds. The lowest BCUT2D eigenvalue weighted by molar-refractivity contribution is -0.137. The third-order valence-corrected chi connectivity index (χ3v) is 3.87. The number of halogens is 1. The second-order valence-electron chi connectivity index (χ2n) is 6.08. The van der Waals surface area contributed by atoms with Crippen molar-refractivity contribution in [2.75, 3.05) is 6.54 Å². The van der Waals surface area contributed by atoms with Crippen LogP contribution < -0.4 is 5.32 Å². The molecular formula is C16H24ClNO2. The zero-order valence-electron chi connectivity index (χ0n) is 12.5. The van der Waals surface area contributed by atoms with Gasteiger partial charge in [-0.1, -0.05) is 37.6 Å². The second-order valence-corrected chi connectivity index (χ2v) is 6.49. The van der Waals surface area contributed by atoms with Crippen LogP contribution in [-0.2, 0) is 11.3 Å². The van der Waals surface area contributed by atoms with Crippen LogP contribution >= 0.6 is 11.6 Å². The molecule has 0 atom stereocenters. The van der Waals surface area contributed by atoms with Gasteiger partial charge in [0.15, 0.2) is 0 Å². The minimum Gasteiger partial charge on any atom is -0.481 e. The molecule has 0 heterocycles. The van der Waals surface area contributed by atoms with Gasteiger partial charge in [0.05, 0.1) is 0 Å². The molecule has 0 fully saturated rings. The van der Waals surface area contributed by atoms with Crippen molar-refractivity contribution in [1.29, 1.82) is 0 Å². The average Bonchev–Trinajstić information content (AvgIpc) is 2.34. The summed E-state index contributed by atoms with van der Waals surface area (Å²) in [6.07, 6.45) is 1.88. The van der Waals surface area contributed by atoms with Crippen LogP contribution in [0.5, 0.6) is 0 Å². The summed E-state index contributed by atoms with van der Waals surface area (Å²) in [6, 6.07) is 6.06. The highest BCUT2D eigenvalue weighted by Crippen LogP contribution is 2.26. The molecule has 20 heavy (non-hydrogen) atoms. The molecule has 0 aliphatic heterocycles. The van der Waals surface area contributed by atoms with Crippen LogP contribution in [0.25, 0.3) is 0 Å². The molecule has 0 radical (unpaired) electrons. The standard InChI is InChI=1S/C16H24ClNO2/c1-12-4-5-13(14(17)10-12)11-18-9-8-16(2,3)7-6-15(19)20/h4-5,10,18H,6-9,11H2,1-3H3,(H,19,20). The van der Waals surface area contributed by atoms with Crippen molar-refractivity contribution in [3.8, 4) is 0 Å². The Hall–Kier alpha value is -1.06. The molecule has 0 bridgehead atoms. The molecule has 1 rings (SSSR count). The van der Waals surface area contributed by atoms with Crippen molar-refractivity contribution < 1.29 is 9.90 Å². The third kappa shape index (κ3) is 6.40. The van der Waals surface area contributed by atoms with Gasteiger partial charge in [-0.15, -0.1) is 0 Å². The maximum absolute atomic E-state index is 10.6. The van der Waals surface area contributed by atoms with Crippen LogP contribution in [0.15, 0.2) is 18.2 Å². The summed E-state index contributed by atoms with van der Waals surface area (Å²) >= 11 is 6.18. The molecule has 2 N–H and O–H groups in total. The van der Waals surface area contributed by atoms with E-state index in [9.17, 15) is 4.79 Å². The molecule has 0 unspecified atom stereocenters. The van der Waals surface area contributed by atoms with Gasteiger partial charge in [-0.05, 0) is 48.9 Å². The van der Waals surface area contributed by atoms with E-state index < -0.39 is 5.97 Å². The van der Waals surface area contributed by atoms with Crippen LogP contribution in [0.1, 0.15) is 44.2 Å². The van der Waals surface area contributed by atoms with Gasteiger partial charge in [0.2, 0.25) is 0 Å². The number of carbonyl (C=O) groups is 1. The predicted octanol–water partition coefficient (Wildman–Crippen LogP) is 4.02. The van der Waals surface area contributed by atoms with E-state index in [-0.39, 0.29) is 11.8 Å². The molecule has 1 aromatic rings. The minimum atomic E-state index is -0.725. The fourth-order valence-corrected chi connectivity index (χ4v) is 2.32. The van der Waals surface area contributed by atoms with E-state index in [4.69, 9.17) is 16.7 Å². The molecule has 112 valence electrons. The topological polar surface area (TPSA) is 49.3 Å². The number of carboxylic acids is 1. The number of carboxylic acid groups (broad SMARTS) is 1. The fourth-order valence-electron chi connectivity index (χ4n) is 2.02. The Morgan fingerprint density at radius 2 is 2.05 bits per heavy atom. The number of aliphatic carboxylic acids is 1. The van der Waals surface area contributed by atoms with Gasteiger partial charge in [0.1, 0.15) is 0 Å². The molecule has 0 spiro atoms. The quantitative estimate of drug-likeness (QED) is 0.713. The first-order chi connectivity index (χ1) is 9.30. The van der Waals surface area contributed by atoms with Crippen molar-refractivity contribution in [3.63, 3.8) is 0 Å². The number of nitrogens with one attached hydrogen (secondary N) is 1. The second kappa shape index (κ2) is 7.65. The van der Waals surface area contributed by atoms with Crippen LogP contribution in [0.4, 0.5) is 0 Å². The fraction of sp³-hybridized carbons (Fsp3) is 0.562. The molecule has 0 saturated carbocycles. The van der Waals surface area contributed by atoms with E-state index >= 15 is 0 Å². The Morgan fingerprint density at radius 3 is 2.65 bits per heavy atom. The zero-order chi connectivity index (χ0) is 15.2. The van der Waals surface area contributed by atoms with E-state index in [1.165, 1.54) is 0 Å². The van der Waals surface area contributed by atoms with Crippen LogP contribution in [0.2, 0.25) is 5.02 Å². The van der Waals surface area contributed by atoms with Gasteiger partial charge in [0, 0.05) is 18.0 Å². The summed E-state index contributed by atoms with van der Waals surface area (Å²) in [5.74, 6) is -0.725. The molecular weight excluding hydrogens is 274 g/mol. The van der Waals surface area contributed by atoms with Crippen molar-refractivity contribution in [2.45, 2.75) is 46.6 Å². The van der Waals surface area contributed by atoms with Crippen molar-refractivity contribution in [2.24, 2.45) is 5.41 Å². The Balaban J connectivity index is 2.32. The largest absolute Gasteiger partial charge is 0.481 e. The zero-order valence-corrected chi connectivity index (χ0v) is 13.3. The van der Waals surface area contributed by atoms with Gasteiger partial charge < -0.3 is 10.4 Å². The first-order valence-corrected chi connectivity index (χ1v) is 7.35. The van der Waals surface area contributed by atoms with Crippen molar-refractivity contribution in [3.05, 3.63) is 34.3 Å². The molecule has 1 aromatic carbocycles. The monoisotopic (exact) mass is 297 g/mol. The highest BCUT2D eigenvalue weighted by Gasteiger charge is 2.18. The lowest BCUT2D eigenvalue weighted by Gasteiger charge is -2.24. The molecule has 3 nitrogen and oxygen atoms in total. The number of hydrogen-bond acceptors (Lipinski definition) is 2. The Morgan fingerprint density at radius 1 is 1.35 bits per heavy atom. The van der Waals surface area contributed by atoms with Gasteiger partial charge in [-0.3, -0.25) is 4.79 Å². The van der Waals surface area contributed by atoms with E-state index in [0.29, 0.717) is 6.42 Å². The van der Waals surface area contributed by atoms with Gasteiger partial charge in [0.25, 0.3) is 0 Å².